The molecule has 50 nitrogen and oxygen atoms in total. The first-order chi connectivity index (χ1) is 53.2. The molecule has 0 aromatic carbocycles. The van der Waals surface area contributed by atoms with Crippen LogP contribution in [0.2, 0.25) is 0 Å². The number of carbonyl (C=O) groups is 4. The van der Waals surface area contributed by atoms with Gasteiger partial charge in [0.05, 0.1) is 70.6 Å². The minimum absolute atomic E-state index is 0.864. The van der Waals surface area contributed by atoms with E-state index in [9.17, 15) is 152 Å². The Morgan fingerprint density at radius 2 is 0.690 bits per heavy atom. The van der Waals surface area contributed by atoms with Crippen LogP contribution in [0.25, 0.3) is 0 Å². The fraction of sp³-hybridized carbons (Fsp3) is 0.937. The second kappa shape index (κ2) is 39.6. The quantitative estimate of drug-likeness (QED) is 0.0331. The van der Waals surface area contributed by atoms with Gasteiger partial charge in [0.15, 0.2) is 50.3 Å². The van der Waals surface area contributed by atoms with E-state index in [4.69, 9.17) is 80.5 Å². The van der Waals surface area contributed by atoms with Gasteiger partial charge in [-0.1, -0.05) is 0 Å². The van der Waals surface area contributed by atoms with Crippen LogP contribution >= 0.6 is 0 Å². The van der Waals surface area contributed by atoms with E-state index in [1.807, 2.05) is 0 Å². The summed E-state index contributed by atoms with van der Waals surface area (Å²) in [6.45, 7) is -3.30. The standard InChI is InChI=1S/C63H105N3O47/c1-14-30(79)36(85)40(89)57(97-14)106-46-25(12-72)103-56(29(66-18(5)76)50(46)109-61-44(93)53(35(84)23(10-70)102-61)113-63(62(95)96)6-19(77)27(64-16(3)74)48(112-63)32(81)20(78)7-67)111-52-34(83)22(9-69)101-60(43(52)92)107-47-26(13-73)104-55(28(65-17(4)75)49(47)108-58-41(90)37(86)31(80)15(2)98-58)110-51-33(82)21(8-68)100-59(42(51)91)105-45-24(11-71)99-54(94)39(88)38(45)87/h14-15,19-61,67-73,77-94H,6-13H2,1-5H3,(H,64,74)(H,65,75)(H,66,76)(H,95,96)/t14-,15-,19-,20+,21+,22+,23+,24+,25+,26+,27+,28+,29+,30+,31+,32+,33-,34-,35-,36+,37+,38+,39+,40-,41-,42+,43+,44+,45+,46+,47+,48+,49+,50+,51-,52-,53-,54?,55-,56-,57-,58-,59-,60-,61-,63-/m0/s1. The van der Waals surface area contributed by atoms with E-state index in [2.05, 4.69) is 16.0 Å². The molecule has 1 unspecified atom stereocenters. The minimum Gasteiger partial charge on any atom is -0.477 e. The van der Waals surface area contributed by atoms with Crippen LogP contribution in [-0.4, -0.2) is 484 Å². The van der Waals surface area contributed by atoms with Gasteiger partial charge in [0.2, 0.25) is 17.7 Å². The number of nitrogens with one attached hydrogen (secondary N) is 3. The first kappa shape index (κ1) is 93.1. The van der Waals surface area contributed by atoms with Crippen molar-refractivity contribution in [1.29, 1.82) is 0 Å². The zero-order valence-corrected chi connectivity index (χ0v) is 60.8. The highest BCUT2D eigenvalue weighted by Crippen LogP contribution is 2.43. The van der Waals surface area contributed by atoms with Crippen LogP contribution in [0.5, 0.6) is 0 Å². The van der Waals surface area contributed by atoms with Gasteiger partial charge in [0.25, 0.3) is 5.79 Å². The van der Waals surface area contributed by atoms with E-state index in [0.717, 1.165) is 20.8 Å². The van der Waals surface area contributed by atoms with E-state index in [1.165, 1.54) is 13.8 Å². The summed E-state index contributed by atoms with van der Waals surface area (Å²) in [6, 6.07) is -6.01. The van der Waals surface area contributed by atoms with Gasteiger partial charge >= 0.3 is 5.97 Å². The van der Waals surface area contributed by atoms with E-state index in [1.54, 1.807) is 0 Å². The van der Waals surface area contributed by atoms with Gasteiger partial charge in [-0.05, 0) is 13.8 Å². The largest absolute Gasteiger partial charge is 0.477 e. The molecular weight excluding hydrogens is 1550 g/mol. The molecule has 9 saturated heterocycles. The molecule has 654 valence electrons. The van der Waals surface area contributed by atoms with Crippen LogP contribution in [0.15, 0.2) is 0 Å². The predicted molar refractivity (Wildman–Crippen MR) is 346 cm³/mol. The maximum absolute atomic E-state index is 13.7. The van der Waals surface area contributed by atoms with E-state index >= 15 is 0 Å². The number of aliphatic hydroxyl groups excluding tert-OH is 25. The lowest BCUT2D eigenvalue weighted by Gasteiger charge is -2.53. The second-order valence-corrected chi connectivity index (χ2v) is 28.8. The van der Waals surface area contributed by atoms with E-state index < -0.39 is 358 Å². The lowest BCUT2D eigenvalue weighted by Crippen LogP contribution is -2.72. The topological polar surface area (TPSA) is 787 Å². The predicted octanol–water partition coefficient (Wildman–Crippen LogP) is -18.9. The van der Waals surface area contributed by atoms with Crippen molar-refractivity contribution in [2.75, 3.05) is 46.2 Å². The molecule has 0 aromatic rings. The molecule has 0 radical (unpaired) electrons. The highest BCUT2D eigenvalue weighted by Gasteiger charge is 2.64. The van der Waals surface area contributed by atoms with Gasteiger partial charge in [-0.3, -0.25) is 14.4 Å². The summed E-state index contributed by atoms with van der Waals surface area (Å²) in [6.07, 6.45) is -91.2. The molecule has 50 heteroatoms. The molecule has 0 bridgehead atoms. The van der Waals surface area contributed by atoms with Gasteiger partial charge in [-0.25, -0.2) is 4.79 Å². The van der Waals surface area contributed by atoms with Crippen molar-refractivity contribution in [3.63, 3.8) is 0 Å². The van der Waals surface area contributed by atoms with E-state index in [0.29, 0.717) is 0 Å². The van der Waals surface area contributed by atoms with Crippen LogP contribution < -0.4 is 16.0 Å². The fourth-order valence-electron chi connectivity index (χ4n) is 14.8. The summed E-state index contributed by atoms with van der Waals surface area (Å²) in [5.41, 5.74) is 0. The third-order valence-corrected chi connectivity index (χ3v) is 20.9. The average Bonchev–Trinajstić information content (AvgIpc) is 0.750. The van der Waals surface area contributed by atoms with Gasteiger partial charge in [0, 0.05) is 27.2 Å². The average molecular weight is 1660 g/mol. The van der Waals surface area contributed by atoms with Crippen LogP contribution in [0.3, 0.4) is 0 Å². The first-order valence-electron chi connectivity index (χ1n) is 36.0. The van der Waals surface area contributed by atoms with Gasteiger partial charge in [-0.15, -0.1) is 0 Å². The number of ether oxygens (including phenoxy) is 17. The molecule has 0 saturated carbocycles. The van der Waals surface area contributed by atoms with Crippen molar-refractivity contribution >= 4 is 23.7 Å². The Morgan fingerprint density at radius 3 is 1.06 bits per heavy atom. The highest BCUT2D eigenvalue weighted by molar-refractivity contribution is 5.77. The number of aliphatic carboxylic acids is 1. The Hall–Kier alpha value is -3.80. The van der Waals surface area contributed by atoms with Crippen molar-refractivity contribution in [1.82, 2.24) is 16.0 Å². The number of aliphatic hydroxyl groups is 25. The molecule has 9 aliphatic rings. The smallest absolute Gasteiger partial charge is 0.364 e. The lowest BCUT2D eigenvalue weighted by atomic mass is 9.88. The summed E-state index contributed by atoms with van der Waals surface area (Å²) in [4.78, 5) is 52.9. The zero-order valence-electron chi connectivity index (χ0n) is 60.8. The molecule has 29 N–H and O–H groups in total. The number of carbonyl (C=O) groups excluding carboxylic acids is 3. The molecule has 0 aromatic heterocycles. The third-order valence-electron chi connectivity index (χ3n) is 20.9. The van der Waals surface area contributed by atoms with Crippen molar-refractivity contribution in [2.45, 2.75) is 323 Å². The second-order valence-electron chi connectivity index (χ2n) is 28.8. The molecule has 46 atom stereocenters. The molecule has 0 spiro atoms. The molecule has 113 heavy (non-hydrogen) atoms. The zero-order chi connectivity index (χ0) is 83.6. The lowest BCUT2D eigenvalue weighted by molar-refractivity contribution is -0.403. The molecule has 9 fully saturated rings. The molecular formula is C63H105N3O47. The Balaban J connectivity index is 1.08. The maximum atomic E-state index is 13.7. The normalized spacial score (nSPS) is 49.2. The van der Waals surface area contributed by atoms with E-state index in [-0.39, 0.29) is 0 Å². The first-order valence-corrected chi connectivity index (χ1v) is 36.0. The summed E-state index contributed by atoms with van der Waals surface area (Å²) < 4.78 is 101. The summed E-state index contributed by atoms with van der Waals surface area (Å²) in [7, 11) is 0. The maximum Gasteiger partial charge on any atom is 0.364 e. The number of amides is 3. The Bertz CT molecular complexity index is 3040. The molecule has 0 aliphatic carbocycles. The Kier molecular flexibility index (Phi) is 32.6. The van der Waals surface area contributed by atoms with Crippen LogP contribution in [-0.2, 0) is 99.7 Å². The SMILES string of the molecule is CC(=O)N[C@H]1[C@H](O[C@H]2[C@@H](O)[C@@H](CO)O[C@@H](O[C@H]3[C@H](O[C@@H]4O[C@@H](C)[C@@H](O)[C@@H](O)[C@@H]4O)[C@@H](NC(C)=O)[C@H](O[C@H]4[C@@H](O)[C@@H](CO)O[C@@H](O[C@H]5[C@H](O)[C@@H](O)C(O)O[C@@H]5CO)[C@@H]4O)O[C@@H]3CO)[C@@H]2O)O[C@H](CO)[C@@H](O[C@@H]2O[C@@H](C)[C@@H](O)[C@@H](O)[C@@H]2O)[C@@H]1O[C@@H]1O[C@H](CO)[C@H](O)[C@H](O[C@]2(C(=O)O)C[C@H](O)[C@@H](NC(C)=O)[C@H]([C@H](O)[C@H](O)CO)O2)[C@H]1O. The number of hydrogen-bond donors (Lipinski definition) is 29. The van der Waals surface area contributed by atoms with Gasteiger partial charge in [-0.2, -0.15) is 0 Å². The summed E-state index contributed by atoms with van der Waals surface area (Å²) >= 11 is 0. The summed E-state index contributed by atoms with van der Waals surface area (Å²) in [5.74, 6) is -8.57. The minimum atomic E-state index is -3.37. The van der Waals surface area contributed by atoms with Gasteiger partial charge in [0.1, 0.15) is 201 Å². The number of carboxylic acid groups (broad SMARTS) is 1. The summed E-state index contributed by atoms with van der Waals surface area (Å²) in [5, 5.41) is 296. The van der Waals surface area contributed by atoms with Crippen molar-refractivity contribution in [3.05, 3.63) is 0 Å². The van der Waals surface area contributed by atoms with Crippen molar-refractivity contribution in [3.8, 4) is 0 Å². The number of rotatable bonds is 29. The third kappa shape index (κ3) is 20.0. The molecule has 9 heterocycles. The van der Waals surface area contributed by atoms with Crippen LogP contribution in [0.4, 0.5) is 0 Å². The molecule has 9 rings (SSSR count). The highest BCUT2D eigenvalue weighted by atomic mass is 16.8. The van der Waals surface area contributed by atoms with Crippen LogP contribution in [0.1, 0.15) is 41.0 Å². The van der Waals surface area contributed by atoms with Crippen molar-refractivity contribution < 1.29 is 232 Å². The monoisotopic (exact) mass is 1660 g/mol. The number of carboxylic acids is 1. The Morgan fingerprint density at radius 1 is 0.363 bits per heavy atom. The van der Waals surface area contributed by atoms with Crippen molar-refractivity contribution in [2.24, 2.45) is 0 Å². The molecule has 9 aliphatic heterocycles. The number of hydrogen-bond acceptors (Lipinski definition) is 46. The fourth-order valence-corrected chi connectivity index (χ4v) is 14.8. The Labute approximate surface area is 639 Å². The molecule has 3 amide bonds. The van der Waals surface area contributed by atoms with Gasteiger partial charge < -0.3 is 229 Å². The van der Waals surface area contributed by atoms with Crippen LogP contribution in [0, 0.1) is 0 Å².